The lowest BCUT2D eigenvalue weighted by Gasteiger charge is -2.39. The van der Waals surface area contributed by atoms with Crippen LogP contribution in [0.25, 0.3) is 10.9 Å². The Kier molecular flexibility index (Phi) is 3.62. The summed E-state index contributed by atoms with van der Waals surface area (Å²) in [5.41, 5.74) is 2.83. The highest BCUT2D eigenvalue weighted by atomic mass is 16.1. The van der Waals surface area contributed by atoms with Crippen molar-refractivity contribution >= 4 is 22.6 Å². The number of nitrogens with zero attached hydrogens (tertiary/aromatic N) is 3. The van der Waals surface area contributed by atoms with Crippen LogP contribution in [-0.4, -0.2) is 40.7 Å². The summed E-state index contributed by atoms with van der Waals surface area (Å²) in [6.07, 6.45) is 4.35. The minimum absolute atomic E-state index is 0.0118. The zero-order valence-corrected chi connectivity index (χ0v) is 14.5. The minimum atomic E-state index is -0.0118. The Hall–Kier alpha value is -2.89. The molecule has 1 aliphatic heterocycles. The van der Waals surface area contributed by atoms with Crippen LogP contribution in [0.15, 0.2) is 42.6 Å². The van der Waals surface area contributed by atoms with E-state index >= 15 is 0 Å². The van der Waals surface area contributed by atoms with E-state index in [-0.39, 0.29) is 5.91 Å². The van der Waals surface area contributed by atoms with Crippen molar-refractivity contribution in [2.45, 2.75) is 18.8 Å². The average molecular weight is 347 g/mol. The van der Waals surface area contributed by atoms with Crippen LogP contribution in [0.5, 0.6) is 0 Å². The highest BCUT2D eigenvalue weighted by Gasteiger charge is 2.30. The van der Waals surface area contributed by atoms with Crippen LogP contribution in [0.2, 0.25) is 0 Å². The standard InChI is InChI=1S/C20H21N5O/c26-20(16-2-1-3-18-15(16)8-9-21-18)22-10-13-11-25(12-13)19-7-6-17(23-24-19)14-4-5-14/h1-3,6-9,13-14,21H,4-5,10-12H2,(H,22,26). The van der Waals surface area contributed by atoms with Crippen LogP contribution in [0.1, 0.15) is 34.8 Å². The van der Waals surface area contributed by atoms with E-state index in [0.29, 0.717) is 18.4 Å². The predicted molar refractivity (Wildman–Crippen MR) is 100 cm³/mol. The van der Waals surface area contributed by atoms with Gasteiger partial charge in [-0.2, -0.15) is 5.10 Å². The Morgan fingerprint density at radius 2 is 2.04 bits per heavy atom. The van der Waals surface area contributed by atoms with Crippen molar-refractivity contribution in [2.24, 2.45) is 5.92 Å². The molecule has 3 heterocycles. The minimum Gasteiger partial charge on any atom is -0.361 e. The van der Waals surface area contributed by atoms with E-state index in [1.807, 2.05) is 30.5 Å². The van der Waals surface area contributed by atoms with E-state index < -0.39 is 0 Å². The van der Waals surface area contributed by atoms with Gasteiger partial charge in [-0.05, 0) is 43.2 Å². The molecular formula is C20H21N5O. The number of carbonyl (C=O) groups excluding carboxylic acids is 1. The fraction of sp³-hybridized carbons (Fsp3) is 0.350. The maximum absolute atomic E-state index is 12.5. The maximum Gasteiger partial charge on any atom is 0.251 e. The van der Waals surface area contributed by atoms with E-state index in [4.69, 9.17) is 0 Å². The first-order chi connectivity index (χ1) is 12.8. The Bertz CT molecular complexity index is 938. The summed E-state index contributed by atoms with van der Waals surface area (Å²) < 4.78 is 0. The van der Waals surface area contributed by atoms with Crippen molar-refractivity contribution in [3.8, 4) is 0 Å². The summed E-state index contributed by atoms with van der Waals surface area (Å²) in [6.45, 7) is 2.50. The lowest BCUT2D eigenvalue weighted by Crippen LogP contribution is -2.52. The smallest absolute Gasteiger partial charge is 0.251 e. The molecule has 1 saturated heterocycles. The number of carbonyl (C=O) groups is 1. The number of aromatic amines is 1. The second-order valence-electron chi connectivity index (χ2n) is 7.32. The zero-order chi connectivity index (χ0) is 17.5. The van der Waals surface area contributed by atoms with E-state index in [0.717, 1.165) is 41.1 Å². The van der Waals surface area contributed by atoms with Gasteiger partial charge in [0.05, 0.1) is 5.69 Å². The number of hydrogen-bond acceptors (Lipinski definition) is 4. The SMILES string of the molecule is O=C(NCC1CN(c2ccc(C3CC3)nn2)C1)c1cccc2[nH]ccc12. The molecule has 3 aromatic rings. The molecule has 2 aliphatic rings. The lowest BCUT2D eigenvalue weighted by molar-refractivity contribution is 0.0946. The van der Waals surface area contributed by atoms with Gasteiger partial charge in [-0.3, -0.25) is 4.79 Å². The number of aromatic nitrogens is 3. The lowest BCUT2D eigenvalue weighted by atomic mass is 10.00. The van der Waals surface area contributed by atoms with Crippen molar-refractivity contribution in [1.82, 2.24) is 20.5 Å². The first-order valence-corrected chi connectivity index (χ1v) is 9.21. The Balaban J connectivity index is 1.15. The molecule has 1 saturated carbocycles. The van der Waals surface area contributed by atoms with E-state index in [1.54, 1.807) is 0 Å². The predicted octanol–water partition coefficient (Wildman–Crippen LogP) is 2.70. The highest BCUT2D eigenvalue weighted by Crippen LogP contribution is 2.38. The van der Waals surface area contributed by atoms with Crippen LogP contribution >= 0.6 is 0 Å². The third-order valence-electron chi connectivity index (χ3n) is 5.34. The molecule has 5 rings (SSSR count). The van der Waals surface area contributed by atoms with Crippen molar-refractivity contribution in [3.63, 3.8) is 0 Å². The summed E-state index contributed by atoms with van der Waals surface area (Å²) in [7, 11) is 0. The number of fused-ring (bicyclic) bond motifs is 1. The van der Waals surface area contributed by atoms with Crippen molar-refractivity contribution < 1.29 is 4.79 Å². The summed E-state index contributed by atoms with van der Waals surface area (Å²) in [4.78, 5) is 17.9. The summed E-state index contributed by atoms with van der Waals surface area (Å²) in [6, 6.07) is 11.9. The van der Waals surface area contributed by atoms with Crippen molar-refractivity contribution in [2.75, 3.05) is 24.5 Å². The van der Waals surface area contributed by atoms with Gasteiger partial charge in [0, 0.05) is 54.1 Å². The topological polar surface area (TPSA) is 73.9 Å². The van der Waals surface area contributed by atoms with E-state index in [9.17, 15) is 4.79 Å². The molecular weight excluding hydrogens is 326 g/mol. The molecule has 6 heteroatoms. The third kappa shape index (κ3) is 2.81. The first kappa shape index (κ1) is 15.4. The fourth-order valence-corrected chi connectivity index (χ4v) is 3.60. The molecule has 132 valence electrons. The normalized spacial score (nSPS) is 17.3. The molecule has 0 radical (unpaired) electrons. The van der Waals surface area contributed by atoms with Crippen molar-refractivity contribution in [3.05, 3.63) is 53.9 Å². The molecule has 26 heavy (non-hydrogen) atoms. The third-order valence-corrected chi connectivity index (χ3v) is 5.34. The molecule has 0 atom stereocenters. The van der Waals surface area contributed by atoms with Gasteiger partial charge in [-0.1, -0.05) is 6.07 Å². The second kappa shape index (κ2) is 6.12. The number of amides is 1. The number of benzene rings is 1. The fourth-order valence-electron chi connectivity index (χ4n) is 3.60. The van der Waals surface area contributed by atoms with Gasteiger partial charge in [0.2, 0.25) is 0 Å². The average Bonchev–Trinajstić information content (AvgIpc) is 3.37. The quantitative estimate of drug-likeness (QED) is 0.744. The van der Waals surface area contributed by atoms with Crippen LogP contribution in [0, 0.1) is 5.92 Å². The van der Waals surface area contributed by atoms with E-state index in [2.05, 4.69) is 37.5 Å². The number of anilines is 1. The molecule has 1 aromatic carbocycles. The van der Waals surface area contributed by atoms with E-state index in [1.165, 1.54) is 12.8 Å². The number of rotatable bonds is 5. The van der Waals surface area contributed by atoms with Crippen LogP contribution in [0.4, 0.5) is 5.82 Å². The molecule has 1 amide bonds. The molecule has 0 spiro atoms. The van der Waals surface area contributed by atoms with Gasteiger partial charge < -0.3 is 15.2 Å². The number of H-pyrrole nitrogens is 1. The molecule has 2 aromatic heterocycles. The summed E-state index contributed by atoms with van der Waals surface area (Å²) >= 11 is 0. The Morgan fingerprint density at radius 1 is 1.15 bits per heavy atom. The summed E-state index contributed by atoms with van der Waals surface area (Å²) in [5, 5.41) is 12.7. The summed E-state index contributed by atoms with van der Waals surface area (Å²) in [5.74, 6) is 2.02. The van der Waals surface area contributed by atoms with Crippen molar-refractivity contribution in [1.29, 1.82) is 0 Å². The molecule has 0 unspecified atom stereocenters. The van der Waals surface area contributed by atoms with Gasteiger partial charge in [0.15, 0.2) is 5.82 Å². The first-order valence-electron chi connectivity index (χ1n) is 9.21. The van der Waals surface area contributed by atoms with Gasteiger partial charge in [0.25, 0.3) is 5.91 Å². The number of nitrogens with one attached hydrogen (secondary N) is 2. The molecule has 2 N–H and O–H groups in total. The van der Waals surface area contributed by atoms with Gasteiger partial charge >= 0.3 is 0 Å². The zero-order valence-electron chi connectivity index (χ0n) is 14.5. The second-order valence-corrected chi connectivity index (χ2v) is 7.32. The van der Waals surface area contributed by atoms with Gasteiger partial charge in [0.1, 0.15) is 0 Å². The van der Waals surface area contributed by atoms with Gasteiger partial charge in [-0.15, -0.1) is 5.10 Å². The molecule has 0 bridgehead atoms. The Labute approximate surface area is 151 Å². The van der Waals surface area contributed by atoms with Crippen LogP contribution < -0.4 is 10.2 Å². The number of hydrogen-bond donors (Lipinski definition) is 2. The largest absolute Gasteiger partial charge is 0.361 e. The molecule has 1 aliphatic carbocycles. The van der Waals surface area contributed by atoms with Gasteiger partial charge in [-0.25, -0.2) is 0 Å². The van der Waals surface area contributed by atoms with Crippen LogP contribution in [-0.2, 0) is 0 Å². The Morgan fingerprint density at radius 3 is 2.81 bits per heavy atom. The van der Waals surface area contributed by atoms with Crippen LogP contribution in [0.3, 0.4) is 0 Å². The highest BCUT2D eigenvalue weighted by molar-refractivity contribution is 6.06. The maximum atomic E-state index is 12.5. The monoisotopic (exact) mass is 347 g/mol. The molecule has 2 fully saturated rings. The molecule has 6 nitrogen and oxygen atoms in total.